The Labute approximate surface area is 106 Å². The second-order valence-electron chi connectivity index (χ2n) is 3.34. The van der Waals surface area contributed by atoms with Gasteiger partial charge in [0.15, 0.2) is 0 Å². The van der Waals surface area contributed by atoms with E-state index >= 15 is 0 Å². The molecular weight excluding hydrogens is 321 g/mol. The van der Waals surface area contributed by atoms with Crippen LogP contribution in [0, 0.1) is 10.5 Å². The molecule has 1 unspecified atom stereocenters. The van der Waals surface area contributed by atoms with E-state index in [0.29, 0.717) is 6.54 Å². The Kier molecular flexibility index (Phi) is 3.42. The van der Waals surface area contributed by atoms with Crippen LogP contribution < -0.4 is 5.73 Å². The smallest absolute Gasteiger partial charge is 0.0982 e. The van der Waals surface area contributed by atoms with Crippen molar-refractivity contribution in [2.45, 2.75) is 13.0 Å². The van der Waals surface area contributed by atoms with Gasteiger partial charge in [0, 0.05) is 22.5 Å². The van der Waals surface area contributed by atoms with E-state index in [0.717, 1.165) is 3.57 Å². The zero-order chi connectivity index (χ0) is 10.8. The first-order chi connectivity index (χ1) is 7.20. The summed E-state index contributed by atoms with van der Waals surface area (Å²) in [4.78, 5) is 2.58. The Morgan fingerprint density at radius 2 is 2.40 bits per heavy atom. The third-order valence-electron chi connectivity index (χ3n) is 2.20. The molecule has 0 aliphatic heterocycles. The molecule has 0 saturated heterocycles. The van der Waals surface area contributed by atoms with Crippen LogP contribution in [0.1, 0.15) is 15.8 Å². The van der Waals surface area contributed by atoms with Gasteiger partial charge < -0.3 is 5.73 Å². The lowest BCUT2D eigenvalue weighted by atomic mass is 10.2. The van der Waals surface area contributed by atoms with E-state index in [1.54, 1.807) is 11.3 Å². The van der Waals surface area contributed by atoms with Crippen molar-refractivity contribution >= 4 is 33.9 Å². The summed E-state index contributed by atoms with van der Waals surface area (Å²) >= 11 is 4.04. The number of nitrogens with two attached hydrogens (primary N) is 1. The molecule has 2 aromatic heterocycles. The van der Waals surface area contributed by atoms with Crippen molar-refractivity contribution in [3.63, 3.8) is 0 Å². The van der Waals surface area contributed by atoms with Crippen LogP contribution in [-0.2, 0) is 0 Å². The maximum absolute atomic E-state index is 5.80. The maximum atomic E-state index is 5.80. The first-order valence-corrected chi connectivity index (χ1v) is 6.56. The van der Waals surface area contributed by atoms with Gasteiger partial charge in [-0.15, -0.1) is 11.3 Å². The number of halogens is 1. The predicted molar refractivity (Wildman–Crippen MR) is 71.2 cm³/mol. The first kappa shape index (κ1) is 11.1. The average molecular weight is 333 g/mol. The summed E-state index contributed by atoms with van der Waals surface area (Å²) in [6.45, 7) is 2.69. The lowest BCUT2D eigenvalue weighted by Gasteiger charge is -2.13. The number of hydrogen-bond acceptors (Lipinski definition) is 3. The molecule has 0 amide bonds. The van der Waals surface area contributed by atoms with E-state index in [9.17, 15) is 0 Å². The Morgan fingerprint density at radius 3 is 2.87 bits per heavy atom. The van der Waals surface area contributed by atoms with Gasteiger partial charge >= 0.3 is 0 Å². The third kappa shape index (κ3) is 2.40. The number of aryl methyl sites for hydroxylation is 1. The van der Waals surface area contributed by atoms with Crippen LogP contribution in [0.4, 0.5) is 0 Å². The molecule has 3 nitrogen and oxygen atoms in total. The van der Waals surface area contributed by atoms with Gasteiger partial charge in [0.1, 0.15) is 0 Å². The molecule has 2 N–H and O–H groups in total. The number of nitrogens with zero attached hydrogens (tertiary/aromatic N) is 2. The SMILES string of the molecule is Cc1ccc(C(CN)n2cc(I)cn2)s1. The van der Waals surface area contributed by atoms with Crippen LogP contribution in [0.15, 0.2) is 24.5 Å². The van der Waals surface area contributed by atoms with Gasteiger partial charge in [0.05, 0.1) is 15.8 Å². The molecule has 0 saturated carbocycles. The van der Waals surface area contributed by atoms with Gasteiger partial charge in [-0.05, 0) is 41.6 Å². The predicted octanol–water partition coefficient (Wildman–Crippen LogP) is 2.41. The highest BCUT2D eigenvalue weighted by Gasteiger charge is 2.14. The van der Waals surface area contributed by atoms with Gasteiger partial charge in [-0.3, -0.25) is 4.68 Å². The van der Waals surface area contributed by atoms with E-state index in [1.165, 1.54) is 9.75 Å². The molecule has 0 radical (unpaired) electrons. The highest BCUT2D eigenvalue weighted by Crippen LogP contribution is 2.25. The van der Waals surface area contributed by atoms with Crippen molar-refractivity contribution in [1.82, 2.24) is 9.78 Å². The van der Waals surface area contributed by atoms with Crippen LogP contribution in [0.2, 0.25) is 0 Å². The second kappa shape index (κ2) is 4.63. The standard InChI is InChI=1S/C10H12IN3S/c1-7-2-3-10(15-7)9(4-12)14-6-8(11)5-13-14/h2-3,5-6,9H,4,12H2,1H3. The molecule has 2 heterocycles. The molecule has 2 aromatic rings. The number of thiophene rings is 1. The quantitative estimate of drug-likeness (QED) is 0.877. The zero-order valence-corrected chi connectivity index (χ0v) is 11.3. The Hall–Kier alpha value is -0.400. The summed E-state index contributed by atoms with van der Waals surface area (Å²) in [5.74, 6) is 0. The Morgan fingerprint density at radius 1 is 1.60 bits per heavy atom. The molecule has 5 heteroatoms. The lowest BCUT2D eigenvalue weighted by molar-refractivity contribution is 0.539. The highest BCUT2D eigenvalue weighted by atomic mass is 127. The normalized spacial score (nSPS) is 13.0. The lowest BCUT2D eigenvalue weighted by Crippen LogP contribution is -2.19. The van der Waals surface area contributed by atoms with Crippen LogP contribution in [0.3, 0.4) is 0 Å². The topological polar surface area (TPSA) is 43.8 Å². The fraction of sp³-hybridized carbons (Fsp3) is 0.300. The van der Waals surface area contributed by atoms with E-state index in [-0.39, 0.29) is 6.04 Å². The van der Waals surface area contributed by atoms with Crippen LogP contribution in [0.5, 0.6) is 0 Å². The summed E-state index contributed by atoms with van der Waals surface area (Å²) in [6, 6.07) is 4.43. The van der Waals surface area contributed by atoms with Crippen LogP contribution in [0.25, 0.3) is 0 Å². The summed E-state index contributed by atoms with van der Waals surface area (Å²) in [5.41, 5.74) is 5.80. The molecular formula is C10H12IN3S. The average Bonchev–Trinajstić information content (AvgIpc) is 2.78. The molecule has 0 bridgehead atoms. The largest absolute Gasteiger partial charge is 0.328 e. The molecule has 15 heavy (non-hydrogen) atoms. The summed E-state index contributed by atoms with van der Waals surface area (Å²) in [5, 5.41) is 4.31. The van der Waals surface area contributed by atoms with Crippen molar-refractivity contribution in [3.8, 4) is 0 Å². The van der Waals surface area contributed by atoms with Crippen molar-refractivity contribution in [2.24, 2.45) is 5.73 Å². The van der Waals surface area contributed by atoms with E-state index in [4.69, 9.17) is 5.73 Å². The van der Waals surface area contributed by atoms with Gasteiger partial charge in [-0.1, -0.05) is 0 Å². The summed E-state index contributed by atoms with van der Waals surface area (Å²) in [6.07, 6.45) is 3.87. The maximum Gasteiger partial charge on any atom is 0.0982 e. The highest BCUT2D eigenvalue weighted by molar-refractivity contribution is 14.1. The van der Waals surface area contributed by atoms with Gasteiger partial charge in [-0.2, -0.15) is 5.10 Å². The van der Waals surface area contributed by atoms with Crippen molar-refractivity contribution in [2.75, 3.05) is 6.54 Å². The minimum absolute atomic E-state index is 0.173. The Bertz CT molecular complexity index is 409. The summed E-state index contributed by atoms with van der Waals surface area (Å²) < 4.78 is 3.08. The van der Waals surface area contributed by atoms with Crippen LogP contribution in [-0.4, -0.2) is 16.3 Å². The number of aromatic nitrogens is 2. The number of hydrogen-bond donors (Lipinski definition) is 1. The van der Waals surface area contributed by atoms with Gasteiger partial charge in [-0.25, -0.2) is 0 Å². The van der Waals surface area contributed by atoms with E-state index in [1.807, 2.05) is 17.1 Å². The minimum Gasteiger partial charge on any atom is -0.328 e. The molecule has 0 fully saturated rings. The zero-order valence-electron chi connectivity index (χ0n) is 8.35. The molecule has 0 aliphatic carbocycles. The molecule has 0 spiro atoms. The minimum atomic E-state index is 0.173. The van der Waals surface area contributed by atoms with E-state index < -0.39 is 0 Å². The monoisotopic (exact) mass is 333 g/mol. The molecule has 0 aromatic carbocycles. The second-order valence-corrected chi connectivity index (χ2v) is 5.90. The van der Waals surface area contributed by atoms with Crippen molar-refractivity contribution < 1.29 is 0 Å². The third-order valence-corrected chi connectivity index (χ3v) is 3.86. The fourth-order valence-electron chi connectivity index (χ4n) is 1.47. The van der Waals surface area contributed by atoms with Crippen molar-refractivity contribution in [1.29, 1.82) is 0 Å². The van der Waals surface area contributed by atoms with Gasteiger partial charge in [0.25, 0.3) is 0 Å². The van der Waals surface area contributed by atoms with Crippen LogP contribution >= 0.6 is 33.9 Å². The fourth-order valence-corrected chi connectivity index (χ4v) is 2.87. The Balaban J connectivity index is 2.32. The molecule has 2 rings (SSSR count). The van der Waals surface area contributed by atoms with Gasteiger partial charge in [0.2, 0.25) is 0 Å². The number of rotatable bonds is 3. The molecule has 0 aliphatic rings. The molecule has 80 valence electrons. The molecule has 1 atom stereocenters. The van der Waals surface area contributed by atoms with Crippen molar-refractivity contribution in [3.05, 3.63) is 37.9 Å². The first-order valence-electron chi connectivity index (χ1n) is 4.67. The van der Waals surface area contributed by atoms with E-state index in [2.05, 4.69) is 46.7 Å². The summed E-state index contributed by atoms with van der Waals surface area (Å²) in [7, 11) is 0.